The van der Waals surface area contributed by atoms with E-state index in [0.29, 0.717) is 17.0 Å². The number of benzene rings is 1. The number of anilines is 1. The average Bonchev–Trinajstić information content (AvgIpc) is 3.13. The van der Waals surface area contributed by atoms with Crippen molar-refractivity contribution in [2.75, 3.05) is 12.8 Å². The molecule has 0 spiro atoms. The highest BCUT2D eigenvalue weighted by molar-refractivity contribution is 6.67. The molecule has 0 aliphatic rings. The Bertz CT molecular complexity index is 826. The van der Waals surface area contributed by atoms with Gasteiger partial charge in [-0.3, -0.25) is 4.79 Å². The van der Waals surface area contributed by atoms with E-state index >= 15 is 0 Å². The Morgan fingerprint density at radius 1 is 1.32 bits per heavy atom. The van der Waals surface area contributed by atoms with Crippen LogP contribution in [0.3, 0.4) is 0 Å². The predicted octanol–water partition coefficient (Wildman–Crippen LogP) is 1.29. The van der Waals surface area contributed by atoms with Gasteiger partial charge in [-0.25, -0.2) is 4.63 Å². The van der Waals surface area contributed by atoms with Crippen molar-refractivity contribution in [1.82, 2.24) is 25.3 Å². The van der Waals surface area contributed by atoms with E-state index in [1.165, 1.54) is 4.68 Å². The van der Waals surface area contributed by atoms with Gasteiger partial charge in [0.15, 0.2) is 5.69 Å². The number of rotatable bonds is 4. The van der Waals surface area contributed by atoms with Gasteiger partial charge in [0, 0.05) is 5.56 Å². The fourth-order valence-electron chi connectivity index (χ4n) is 1.91. The molecule has 9 nitrogen and oxygen atoms in total. The number of carbonyl (C=O) groups is 1. The molecular weight excluding hydrogens is 312 g/mol. The number of nitrogen functional groups attached to an aromatic ring is 1. The van der Waals surface area contributed by atoms with Crippen LogP contribution in [0.2, 0.25) is 0 Å². The number of ether oxygens (including phenoxy) is 1. The molecule has 0 aliphatic heterocycles. The van der Waals surface area contributed by atoms with Crippen LogP contribution in [0, 0.1) is 0 Å². The molecule has 0 radical (unpaired) electrons. The van der Waals surface area contributed by atoms with E-state index in [0.717, 1.165) is 0 Å². The van der Waals surface area contributed by atoms with Crippen LogP contribution < -0.4 is 10.5 Å². The number of hydrogen-bond acceptors (Lipinski definition) is 8. The molecule has 0 saturated carbocycles. The first-order valence-corrected chi connectivity index (χ1v) is 6.38. The molecule has 2 heterocycles. The van der Waals surface area contributed by atoms with Crippen molar-refractivity contribution in [3.8, 4) is 22.8 Å². The zero-order chi connectivity index (χ0) is 15.7. The molecule has 0 atom stereocenters. The van der Waals surface area contributed by atoms with Crippen molar-refractivity contribution >= 4 is 22.7 Å². The van der Waals surface area contributed by atoms with Gasteiger partial charge in [-0.05, 0) is 46.2 Å². The second-order valence-corrected chi connectivity index (χ2v) is 4.52. The lowest BCUT2D eigenvalue weighted by molar-refractivity contribution is 0.107. The summed E-state index contributed by atoms with van der Waals surface area (Å²) in [6.07, 6.45) is 0. The first-order chi connectivity index (χ1) is 10.6. The van der Waals surface area contributed by atoms with Gasteiger partial charge in [-0.15, -0.1) is 5.10 Å². The first kappa shape index (κ1) is 14.0. The number of nitrogens with two attached hydrogens (primary N) is 1. The number of hydrogen-bond donors (Lipinski definition) is 1. The van der Waals surface area contributed by atoms with Gasteiger partial charge in [-0.1, -0.05) is 5.21 Å². The normalized spacial score (nSPS) is 10.6. The van der Waals surface area contributed by atoms with Crippen LogP contribution in [0.4, 0.5) is 5.82 Å². The van der Waals surface area contributed by atoms with Crippen molar-refractivity contribution in [2.24, 2.45) is 0 Å². The topological polar surface area (TPSA) is 122 Å². The van der Waals surface area contributed by atoms with E-state index in [2.05, 4.69) is 25.3 Å². The Hall–Kier alpha value is -2.94. The largest absolute Gasteiger partial charge is 0.497 e. The van der Waals surface area contributed by atoms with Crippen LogP contribution >= 0.6 is 11.6 Å². The van der Waals surface area contributed by atoms with E-state index in [9.17, 15) is 4.79 Å². The summed E-state index contributed by atoms with van der Waals surface area (Å²) in [5.41, 5.74) is 6.57. The molecule has 0 aliphatic carbocycles. The molecule has 0 bridgehead atoms. The molecule has 0 amide bonds. The van der Waals surface area contributed by atoms with Crippen molar-refractivity contribution in [3.05, 3.63) is 30.0 Å². The highest BCUT2D eigenvalue weighted by atomic mass is 35.5. The smallest absolute Gasteiger partial charge is 0.275 e. The third-order valence-electron chi connectivity index (χ3n) is 2.92. The summed E-state index contributed by atoms with van der Waals surface area (Å²) in [7, 11) is 1.55. The number of aromatic nitrogens is 5. The number of nitrogens with zero attached hydrogens (tertiary/aromatic N) is 5. The van der Waals surface area contributed by atoms with Gasteiger partial charge >= 0.3 is 0 Å². The van der Waals surface area contributed by atoms with Crippen LogP contribution in [0.1, 0.15) is 10.5 Å². The van der Waals surface area contributed by atoms with Gasteiger partial charge in [0.1, 0.15) is 11.4 Å². The molecule has 0 unspecified atom stereocenters. The maximum Gasteiger partial charge on any atom is 0.275 e. The van der Waals surface area contributed by atoms with E-state index in [1.54, 1.807) is 31.4 Å². The van der Waals surface area contributed by atoms with E-state index in [1.807, 2.05) is 0 Å². The van der Waals surface area contributed by atoms with E-state index in [4.69, 9.17) is 22.1 Å². The summed E-state index contributed by atoms with van der Waals surface area (Å²) in [5.74, 6) is 0.778. The lowest BCUT2D eigenvalue weighted by atomic mass is 10.1. The summed E-state index contributed by atoms with van der Waals surface area (Å²) in [4.78, 5) is 11.6. The Kier molecular flexibility index (Phi) is 3.47. The zero-order valence-electron chi connectivity index (χ0n) is 11.2. The molecule has 1 aromatic carbocycles. The third kappa shape index (κ3) is 2.27. The Balaban J connectivity index is 2.21. The molecule has 3 rings (SSSR count). The van der Waals surface area contributed by atoms with Crippen molar-refractivity contribution < 1.29 is 14.2 Å². The van der Waals surface area contributed by atoms with Crippen molar-refractivity contribution in [3.63, 3.8) is 0 Å². The molecule has 2 N–H and O–H groups in total. The summed E-state index contributed by atoms with van der Waals surface area (Å²) in [6.45, 7) is 0. The summed E-state index contributed by atoms with van der Waals surface area (Å²) in [6, 6.07) is 6.89. The number of carbonyl (C=O) groups excluding carboxylic acids is 1. The van der Waals surface area contributed by atoms with Gasteiger partial charge in [0.05, 0.1) is 7.11 Å². The second-order valence-electron chi connectivity index (χ2n) is 4.17. The third-order valence-corrected chi connectivity index (χ3v) is 3.10. The first-order valence-electron chi connectivity index (χ1n) is 6.00. The van der Waals surface area contributed by atoms with Gasteiger partial charge in [0.25, 0.3) is 5.24 Å². The fourth-order valence-corrected chi connectivity index (χ4v) is 2.04. The minimum atomic E-state index is -0.757. The molecule has 3 aromatic rings. The van der Waals surface area contributed by atoms with E-state index in [-0.39, 0.29) is 17.3 Å². The fraction of sp³-hybridized carbons (Fsp3) is 0.0833. The van der Waals surface area contributed by atoms with Crippen molar-refractivity contribution in [2.45, 2.75) is 0 Å². The number of methoxy groups -OCH3 is 1. The average molecular weight is 321 g/mol. The lowest BCUT2D eigenvalue weighted by Gasteiger charge is -2.05. The second kappa shape index (κ2) is 5.45. The van der Waals surface area contributed by atoms with Crippen LogP contribution in [0.25, 0.3) is 17.1 Å². The molecule has 0 saturated heterocycles. The quantitative estimate of drug-likeness (QED) is 0.713. The highest BCUT2D eigenvalue weighted by Gasteiger charge is 2.24. The van der Waals surface area contributed by atoms with E-state index < -0.39 is 5.24 Å². The maximum atomic E-state index is 11.6. The Labute approximate surface area is 128 Å². The Morgan fingerprint density at radius 3 is 2.59 bits per heavy atom. The summed E-state index contributed by atoms with van der Waals surface area (Å²) >= 11 is 5.56. The molecule has 112 valence electrons. The van der Waals surface area contributed by atoms with Gasteiger partial charge < -0.3 is 10.5 Å². The van der Waals surface area contributed by atoms with Gasteiger partial charge in [-0.2, -0.15) is 4.68 Å². The van der Waals surface area contributed by atoms with Crippen LogP contribution in [0.5, 0.6) is 5.75 Å². The zero-order valence-corrected chi connectivity index (χ0v) is 12.0. The van der Waals surface area contributed by atoms with Crippen molar-refractivity contribution in [1.29, 1.82) is 0 Å². The van der Waals surface area contributed by atoms with Gasteiger partial charge in [0.2, 0.25) is 11.6 Å². The maximum absolute atomic E-state index is 11.6. The van der Waals surface area contributed by atoms with Crippen LogP contribution in [-0.2, 0) is 0 Å². The predicted molar refractivity (Wildman–Crippen MR) is 75.8 cm³/mol. The minimum Gasteiger partial charge on any atom is -0.497 e. The lowest BCUT2D eigenvalue weighted by Crippen LogP contribution is -2.04. The molecule has 10 heteroatoms. The molecule has 22 heavy (non-hydrogen) atoms. The Morgan fingerprint density at radius 2 is 2.05 bits per heavy atom. The highest BCUT2D eigenvalue weighted by Crippen LogP contribution is 2.28. The molecule has 0 fully saturated rings. The molecule has 2 aromatic heterocycles. The SMILES string of the molecule is COc1ccc(-c2c(C(=O)Cl)nnn2-c2nonc2N)cc1. The van der Waals surface area contributed by atoms with Crippen LogP contribution in [-0.4, -0.2) is 37.7 Å². The summed E-state index contributed by atoms with van der Waals surface area (Å²) in [5, 5.41) is 14.0. The molecular formula is C12H9ClN6O3. The standard InChI is InChI=1S/C12H9ClN6O3/c1-21-7-4-2-6(3-5-7)9-8(10(13)20)15-18-19(9)12-11(14)16-22-17-12/h2-5H,1H3,(H2,14,16). The summed E-state index contributed by atoms with van der Waals surface area (Å²) < 4.78 is 10.9. The minimum absolute atomic E-state index is 0.00762. The monoisotopic (exact) mass is 320 g/mol. The number of halogens is 1. The van der Waals surface area contributed by atoms with Crippen LogP contribution in [0.15, 0.2) is 28.9 Å².